The number of nitrogens with zero attached hydrogens (tertiary/aromatic N) is 2. The van der Waals surface area contributed by atoms with Gasteiger partial charge in [-0.3, -0.25) is 14.5 Å². The Morgan fingerprint density at radius 1 is 1.10 bits per heavy atom. The van der Waals surface area contributed by atoms with Crippen LogP contribution in [0.15, 0.2) is 18.2 Å². The molecule has 2 aliphatic rings. The van der Waals surface area contributed by atoms with Crippen molar-refractivity contribution in [3.8, 4) is 11.5 Å². The highest BCUT2D eigenvalue weighted by Crippen LogP contribution is 2.32. The molecule has 0 atom stereocenters. The predicted molar refractivity (Wildman–Crippen MR) is 109 cm³/mol. The number of carbonyl (C=O) groups is 2. The van der Waals surface area contributed by atoms with Crippen LogP contribution in [0.1, 0.15) is 38.2 Å². The third-order valence-electron chi connectivity index (χ3n) is 5.73. The summed E-state index contributed by atoms with van der Waals surface area (Å²) in [6, 6.07) is 6.19. The fourth-order valence-electron chi connectivity index (χ4n) is 3.88. The molecule has 1 saturated heterocycles. The van der Waals surface area contributed by atoms with Crippen molar-refractivity contribution in [1.29, 1.82) is 0 Å². The number of amides is 1. The second-order valence-electron chi connectivity index (χ2n) is 7.72. The van der Waals surface area contributed by atoms with Crippen LogP contribution in [0.4, 0.5) is 0 Å². The summed E-state index contributed by atoms with van der Waals surface area (Å²) >= 11 is 0. The molecular formula is C22H32N2O5. The van der Waals surface area contributed by atoms with E-state index in [0.717, 1.165) is 29.9 Å². The molecule has 0 aromatic heterocycles. The van der Waals surface area contributed by atoms with Crippen LogP contribution in [0.3, 0.4) is 0 Å². The Bertz CT molecular complexity index is 711. The summed E-state index contributed by atoms with van der Waals surface area (Å²) in [4.78, 5) is 28.9. The molecule has 1 amide bonds. The molecule has 1 aliphatic heterocycles. The average molecular weight is 405 g/mol. The highest BCUT2D eigenvalue weighted by molar-refractivity contribution is 5.79. The van der Waals surface area contributed by atoms with E-state index in [1.807, 2.05) is 30.0 Å². The van der Waals surface area contributed by atoms with Gasteiger partial charge >= 0.3 is 5.97 Å². The van der Waals surface area contributed by atoms with E-state index in [1.54, 1.807) is 14.2 Å². The van der Waals surface area contributed by atoms with E-state index in [4.69, 9.17) is 14.2 Å². The van der Waals surface area contributed by atoms with Crippen LogP contribution in [0.2, 0.25) is 0 Å². The molecule has 0 spiro atoms. The van der Waals surface area contributed by atoms with E-state index in [2.05, 4.69) is 4.90 Å². The van der Waals surface area contributed by atoms with Crippen molar-refractivity contribution in [1.82, 2.24) is 9.80 Å². The van der Waals surface area contributed by atoms with Crippen molar-refractivity contribution in [3.05, 3.63) is 23.8 Å². The first-order valence-electron chi connectivity index (χ1n) is 10.4. The maximum Gasteiger partial charge on any atom is 0.309 e. The molecule has 2 fully saturated rings. The second kappa shape index (κ2) is 9.96. The molecule has 0 N–H and O–H groups in total. The normalized spacial score (nSPS) is 17.3. The number of hydrogen-bond donors (Lipinski definition) is 0. The standard InChI is InChI=1S/C22H32N2O5/c1-4-29-22(26)16-9-11-23(12-10-16)21(25)15-24(18-5-6-18)14-17-13-19(27-2)7-8-20(17)28-3/h7-8,13,16,18H,4-6,9-12,14-15H2,1-3H3. The van der Waals surface area contributed by atoms with Gasteiger partial charge in [-0.2, -0.15) is 0 Å². The van der Waals surface area contributed by atoms with Crippen molar-refractivity contribution >= 4 is 11.9 Å². The number of ether oxygens (including phenoxy) is 3. The van der Waals surface area contributed by atoms with Crippen molar-refractivity contribution in [2.24, 2.45) is 5.92 Å². The monoisotopic (exact) mass is 404 g/mol. The molecule has 1 heterocycles. The number of likely N-dealkylation sites (tertiary alicyclic amines) is 1. The minimum atomic E-state index is -0.135. The highest BCUT2D eigenvalue weighted by Gasteiger charge is 2.34. The van der Waals surface area contributed by atoms with Gasteiger partial charge in [0, 0.05) is 31.2 Å². The predicted octanol–water partition coefficient (Wildman–Crippen LogP) is 2.47. The Kier molecular flexibility index (Phi) is 7.36. The molecule has 160 valence electrons. The number of benzene rings is 1. The number of esters is 1. The van der Waals surface area contributed by atoms with Crippen LogP contribution in [0.25, 0.3) is 0 Å². The van der Waals surface area contributed by atoms with Crippen molar-refractivity contribution in [2.45, 2.75) is 45.2 Å². The lowest BCUT2D eigenvalue weighted by Gasteiger charge is -2.33. The van der Waals surface area contributed by atoms with Crippen LogP contribution in [-0.2, 0) is 20.9 Å². The van der Waals surface area contributed by atoms with E-state index in [0.29, 0.717) is 51.7 Å². The van der Waals surface area contributed by atoms with Crippen molar-refractivity contribution < 1.29 is 23.8 Å². The van der Waals surface area contributed by atoms with Crippen LogP contribution in [0, 0.1) is 5.92 Å². The average Bonchev–Trinajstić information content (AvgIpc) is 3.58. The quantitative estimate of drug-likeness (QED) is 0.589. The van der Waals surface area contributed by atoms with Gasteiger partial charge in [0.05, 0.1) is 33.3 Å². The van der Waals surface area contributed by atoms with Crippen LogP contribution in [0.5, 0.6) is 11.5 Å². The first-order chi connectivity index (χ1) is 14.0. The molecule has 0 unspecified atom stereocenters. The molecule has 29 heavy (non-hydrogen) atoms. The molecule has 1 aromatic rings. The number of methoxy groups -OCH3 is 2. The van der Waals surface area contributed by atoms with Gasteiger partial charge in [0.1, 0.15) is 11.5 Å². The Morgan fingerprint density at radius 3 is 2.41 bits per heavy atom. The van der Waals surface area contributed by atoms with Gasteiger partial charge < -0.3 is 19.1 Å². The fourth-order valence-corrected chi connectivity index (χ4v) is 3.88. The third kappa shape index (κ3) is 5.63. The van der Waals surface area contributed by atoms with Gasteiger partial charge in [-0.25, -0.2) is 0 Å². The summed E-state index contributed by atoms with van der Waals surface area (Å²) < 4.78 is 16.0. The zero-order valence-electron chi connectivity index (χ0n) is 17.7. The van der Waals surface area contributed by atoms with E-state index >= 15 is 0 Å². The first kappa shape index (κ1) is 21.4. The van der Waals surface area contributed by atoms with Crippen LogP contribution < -0.4 is 9.47 Å². The zero-order valence-corrected chi connectivity index (χ0v) is 17.7. The molecular weight excluding hydrogens is 372 g/mol. The second-order valence-corrected chi connectivity index (χ2v) is 7.72. The number of hydrogen-bond acceptors (Lipinski definition) is 6. The third-order valence-corrected chi connectivity index (χ3v) is 5.73. The van der Waals surface area contributed by atoms with Gasteiger partial charge in [-0.15, -0.1) is 0 Å². The minimum Gasteiger partial charge on any atom is -0.497 e. The number of rotatable bonds is 9. The highest BCUT2D eigenvalue weighted by atomic mass is 16.5. The van der Waals surface area contributed by atoms with Gasteiger partial charge in [0.25, 0.3) is 0 Å². The molecule has 7 heteroatoms. The smallest absolute Gasteiger partial charge is 0.309 e. The van der Waals surface area contributed by atoms with Crippen molar-refractivity contribution in [2.75, 3.05) is 40.5 Å². The maximum absolute atomic E-state index is 12.9. The van der Waals surface area contributed by atoms with Gasteiger partial charge in [0.2, 0.25) is 5.91 Å². The topological polar surface area (TPSA) is 68.3 Å². The molecule has 0 radical (unpaired) electrons. The summed E-state index contributed by atoms with van der Waals surface area (Å²) in [7, 11) is 3.30. The fraction of sp³-hybridized carbons (Fsp3) is 0.636. The molecule has 0 bridgehead atoms. The van der Waals surface area contributed by atoms with E-state index in [-0.39, 0.29) is 17.8 Å². The molecule has 7 nitrogen and oxygen atoms in total. The van der Waals surface area contributed by atoms with Gasteiger partial charge in [-0.05, 0) is 50.8 Å². The van der Waals surface area contributed by atoms with E-state index < -0.39 is 0 Å². The first-order valence-corrected chi connectivity index (χ1v) is 10.4. The van der Waals surface area contributed by atoms with Gasteiger partial charge in [0.15, 0.2) is 0 Å². The Labute approximate surface area is 172 Å². The number of piperidine rings is 1. The Hall–Kier alpha value is -2.28. The molecule has 1 aliphatic carbocycles. The van der Waals surface area contributed by atoms with E-state index in [9.17, 15) is 9.59 Å². The Morgan fingerprint density at radius 2 is 1.83 bits per heavy atom. The summed E-state index contributed by atoms with van der Waals surface area (Å²) in [6.07, 6.45) is 3.59. The van der Waals surface area contributed by atoms with Crippen molar-refractivity contribution in [3.63, 3.8) is 0 Å². The summed E-state index contributed by atoms with van der Waals surface area (Å²) in [6.45, 7) is 4.49. The number of carbonyl (C=O) groups excluding carboxylic acids is 2. The summed E-state index contributed by atoms with van der Waals surface area (Å²) in [5, 5.41) is 0. The van der Waals surface area contributed by atoms with E-state index in [1.165, 1.54) is 0 Å². The Balaban J connectivity index is 1.59. The SMILES string of the molecule is CCOC(=O)C1CCN(C(=O)CN(Cc2cc(OC)ccc2OC)C2CC2)CC1. The lowest BCUT2D eigenvalue weighted by Crippen LogP contribution is -2.45. The zero-order chi connectivity index (χ0) is 20.8. The van der Waals surface area contributed by atoms with Crippen LogP contribution in [-0.4, -0.2) is 68.2 Å². The van der Waals surface area contributed by atoms with Crippen LogP contribution >= 0.6 is 0 Å². The maximum atomic E-state index is 12.9. The summed E-state index contributed by atoms with van der Waals surface area (Å²) in [5.41, 5.74) is 1.02. The molecule has 1 aromatic carbocycles. The molecule has 3 rings (SSSR count). The summed E-state index contributed by atoms with van der Waals surface area (Å²) in [5.74, 6) is 1.49. The molecule has 1 saturated carbocycles. The minimum absolute atomic E-state index is 0.0837. The lowest BCUT2D eigenvalue weighted by molar-refractivity contribution is -0.151. The van der Waals surface area contributed by atoms with Gasteiger partial charge in [-0.1, -0.05) is 0 Å². The largest absolute Gasteiger partial charge is 0.497 e. The lowest BCUT2D eigenvalue weighted by atomic mass is 9.97.